The van der Waals surface area contributed by atoms with Crippen LogP contribution in [0, 0.1) is 6.92 Å². The maximum atomic E-state index is 12.1. The fourth-order valence-corrected chi connectivity index (χ4v) is 3.08. The molecule has 0 bridgehead atoms. The van der Waals surface area contributed by atoms with E-state index in [9.17, 15) is 13.2 Å². The molecule has 0 aliphatic heterocycles. The van der Waals surface area contributed by atoms with Crippen LogP contribution < -0.4 is 4.72 Å². The van der Waals surface area contributed by atoms with Crippen LogP contribution in [-0.4, -0.2) is 29.9 Å². The van der Waals surface area contributed by atoms with Crippen LogP contribution in [-0.2, 0) is 10.0 Å². The number of halogens is 1. The van der Waals surface area contributed by atoms with E-state index < -0.39 is 15.9 Å². The second kappa shape index (κ2) is 6.50. The summed E-state index contributed by atoms with van der Waals surface area (Å²) in [5.41, 5.74) is 1.39. The highest BCUT2D eigenvalue weighted by molar-refractivity contribution is 7.90. The number of hydrogen-bond donors (Lipinski definition) is 1. The molecule has 2 aromatic rings. The van der Waals surface area contributed by atoms with Crippen molar-refractivity contribution in [3.63, 3.8) is 0 Å². The Morgan fingerprint density at radius 2 is 1.95 bits per heavy atom. The molecule has 118 valence electrons. The summed E-state index contributed by atoms with van der Waals surface area (Å²) in [4.78, 5) is 12.1. The number of amides is 1. The van der Waals surface area contributed by atoms with Gasteiger partial charge < -0.3 is 0 Å². The SMILES string of the molecule is CCCS(=O)(=O)NC(=O)c1cn(-c2ccc(Cl)cc2)nc1C. The van der Waals surface area contributed by atoms with E-state index in [1.54, 1.807) is 38.1 Å². The van der Waals surface area contributed by atoms with Crippen LogP contribution in [0.1, 0.15) is 29.4 Å². The van der Waals surface area contributed by atoms with Crippen molar-refractivity contribution >= 4 is 27.5 Å². The van der Waals surface area contributed by atoms with E-state index in [1.165, 1.54) is 10.9 Å². The van der Waals surface area contributed by atoms with Crippen molar-refractivity contribution in [2.45, 2.75) is 20.3 Å². The van der Waals surface area contributed by atoms with E-state index in [1.807, 2.05) is 4.72 Å². The van der Waals surface area contributed by atoms with E-state index in [2.05, 4.69) is 5.10 Å². The molecule has 2 rings (SSSR count). The first-order chi connectivity index (χ1) is 10.3. The zero-order valence-electron chi connectivity index (χ0n) is 12.2. The molecule has 1 amide bonds. The maximum absolute atomic E-state index is 12.1. The number of aryl methyl sites for hydroxylation is 1. The molecule has 0 spiro atoms. The largest absolute Gasteiger partial charge is 0.268 e. The van der Waals surface area contributed by atoms with Crippen molar-refractivity contribution in [1.29, 1.82) is 0 Å². The molecule has 0 saturated heterocycles. The Balaban J connectivity index is 2.26. The van der Waals surface area contributed by atoms with Gasteiger partial charge >= 0.3 is 0 Å². The minimum absolute atomic E-state index is 0.0941. The summed E-state index contributed by atoms with van der Waals surface area (Å²) in [5.74, 6) is -0.769. The van der Waals surface area contributed by atoms with Crippen LogP contribution in [0.25, 0.3) is 5.69 Å². The smallest absolute Gasteiger partial charge is 0.268 e. The van der Waals surface area contributed by atoms with Gasteiger partial charge in [-0.25, -0.2) is 17.8 Å². The third-order valence-corrected chi connectivity index (χ3v) is 4.65. The number of nitrogens with zero attached hydrogens (tertiary/aromatic N) is 2. The second-order valence-corrected chi connectivity index (χ2v) is 7.08. The molecule has 0 atom stereocenters. The van der Waals surface area contributed by atoms with Crippen LogP contribution >= 0.6 is 11.6 Å². The van der Waals surface area contributed by atoms with Gasteiger partial charge in [-0.2, -0.15) is 5.10 Å². The fourth-order valence-electron chi connectivity index (χ4n) is 1.93. The lowest BCUT2D eigenvalue weighted by atomic mass is 10.2. The molecule has 0 fully saturated rings. The predicted octanol–water partition coefficient (Wildman–Crippen LogP) is 2.30. The molecule has 0 radical (unpaired) electrons. The Labute approximate surface area is 134 Å². The Hall–Kier alpha value is -1.86. The average Bonchev–Trinajstić information content (AvgIpc) is 2.81. The summed E-state index contributed by atoms with van der Waals surface area (Å²) in [6.45, 7) is 3.38. The Bertz CT molecular complexity index is 782. The van der Waals surface area contributed by atoms with Gasteiger partial charge in [-0.05, 0) is 37.6 Å². The highest BCUT2D eigenvalue weighted by Gasteiger charge is 2.19. The number of carbonyl (C=O) groups excluding carboxylic acids is 1. The van der Waals surface area contributed by atoms with Gasteiger partial charge in [0.05, 0.1) is 22.7 Å². The third kappa shape index (κ3) is 3.86. The van der Waals surface area contributed by atoms with Crippen molar-refractivity contribution in [2.75, 3.05) is 5.75 Å². The zero-order valence-corrected chi connectivity index (χ0v) is 13.8. The van der Waals surface area contributed by atoms with E-state index in [0.29, 0.717) is 17.1 Å². The first-order valence-electron chi connectivity index (χ1n) is 6.69. The highest BCUT2D eigenvalue weighted by atomic mass is 35.5. The van der Waals surface area contributed by atoms with Gasteiger partial charge in [0.25, 0.3) is 5.91 Å². The first-order valence-corrected chi connectivity index (χ1v) is 8.72. The molecule has 0 unspecified atom stereocenters. The maximum Gasteiger partial charge on any atom is 0.268 e. The molecule has 0 saturated carbocycles. The highest BCUT2D eigenvalue weighted by Crippen LogP contribution is 2.15. The number of aromatic nitrogens is 2. The topological polar surface area (TPSA) is 81.1 Å². The number of carbonyl (C=O) groups is 1. The van der Waals surface area contributed by atoms with Gasteiger partial charge in [-0.3, -0.25) is 4.79 Å². The summed E-state index contributed by atoms with van der Waals surface area (Å²) in [5, 5.41) is 4.82. The van der Waals surface area contributed by atoms with Crippen LogP contribution in [0.5, 0.6) is 0 Å². The molecule has 6 nitrogen and oxygen atoms in total. The molecule has 1 aromatic carbocycles. The normalized spacial score (nSPS) is 11.4. The number of nitrogens with one attached hydrogen (secondary N) is 1. The van der Waals surface area contributed by atoms with Crippen LogP contribution in [0.15, 0.2) is 30.5 Å². The minimum atomic E-state index is -3.61. The molecule has 1 aromatic heterocycles. The summed E-state index contributed by atoms with van der Waals surface area (Å²) in [7, 11) is -3.61. The third-order valence-electron chi connectivity index (χ3n) is 2.96. The Kier molecular flexibility index (Phi) is 4.87. The lowest BCUT2D eigenvalue weighted by Gasteiger charge is -2.04. The Morgan fingerprint density at radius 3 is 2.55 bits per heavy atom. The van der Waals surface area contributed by atoms with E-state index in [-0.39, 0.29) is 11.3 Å². The lowest BCUT2D eigenvalue weighted by molar-refractivity contribution is 0.0981. The quantitative estimate of drug-likeness (QED) is 0.904. The van der Waals surface area contributed by atoms with Gasteiger partial charge in [0.15, 0.2) is 0 Å². The number of benzene rings is 1. The molecule has 0 aliphatic carbocycles. The standard InChI is InChI=1S/C14H16ClN3O3S/c1-3-8-22(20,21)17-14(19)13-9-18(16-10(13)2)12-6-4-11(15)5-7-12/h4-7,9H,3,8H2,1-2H3,(H,17,19). The summed E-state index contributed by atoms with van der Waals surface area (Å²) in [6, 6.07) is 6.92. The molecule has 8 heteroatoms. The van der Waals surface area contributed by atoms with Crippen molar-refractivity contribution in [3.8, 4) is 5.69 Å². The van der Waals surface area contributed by atoms with Crippen molar-refractivity contribution in [3.05, 3.63) is 46.7 Å². The molecular formula is C14H16ClN3O3S. The van der Waals surface area contributed by atoms with Crippen molar-refractivity contribution in [1.82, 2.24) is 14.5 Å². The van der Waals surface area contributed by atoms with Gasteiger partial charge in [0, 0.05) is 11.2 Å². The van der Waals surface area contributed by atoms with Crippen molar-refractivity contribution in [2.24, 2.45) is 0 Å². The predicted molar refractivity (Wildman–Crippen MR) is 84.9 cm³/mol. The van der Waals surface area contributed by atoms with Gasteiger partial charge in [-0.15, -0.1) is 0 Å². The Morgan fingerprint density at radius 1 is 1.32 bits per heavy atom. The average molecular weight is 342 g/mol. The fraction of sp³-hybridized carbons (Fsp3) is 0.286. The molecule has 1 heterocycles. The van der Waals surface area contributed by atoms with E-state index >= 15 is 0 Å². The minimum Gasteiger partial charge on any atom is -0.268 e. The second-order valence-electron chi connectivity index (χ2n) is 4.80. The van der Waals surface area contributed by atoms with E-state index in [0.717, 1.165) is 5.69 Å². The zero-order chi connectivity index (χ0) is 16.3. The van der Waals surface area contributed by atoms with Crippen LogP contribution in [0.2, 0.25) is 5.02 Å². The van der Waals surface area contributed by atoms with E-state index in [4.69, 9.17) is 11.6 Å². The first kappa shape index (κ1) is 16.5. The number of rotatable bonds is 5. The molecule has 0 aliphatic rings. The lowest BCUT2D eigenvalue weighted by Crippen LogP contribution is -2.32. The summed E-state index contributed by atoms with van der Waals surface area (Å²) < 4.78 is 26.9. The summed E-state index contributed by atoms with van der Waals surface area (Å²) >= 11 is 5.83. The molecular weight excluding hydrogens is 326 g/mol. The molecule has 1 N–H and O–H groups in total. The van der Waals surface area contributed by atoms with Gasteiger partial charge in [-0.1, -0.05) is 18.5 Å². The van der Waals surface area contributed by atoms with Crippen LogP contribution in [0.3, 0.4) is 0 Å². The summed E-state index contributed by atoms with van der Waals surface area (Å²) in [6.07, 6.45) is 1.93. The van der Waals surface area contributed by atoms with Gasteiger partial charge in [0.2, 0.25) is 10.0 Å². The number of hydrogen-bond acceptors (Lipinski definition) is 4. The van der Waals surface area contributed by atoms with Crippen molar-refractivity contribution < 1.29 is 13.2 Å². The number of sulfonamides is 1. The van der Waals surface area contributed by atoms with Gasteiger partial charge in [0.1, 0.15) is 0 Å². The monoisotopic (exact) mass is 341 g/mol. The van der Waals surface area contributed by atoms with Crippen LogP contribution in [0.4, 0.5) is 0 Å². The molecule has 22 heavy (non-hydrogen) atoms.